The average Bonchev–Trinajstić information content (AvgIpc) is 3.27. The number of fused-ring (bicyclic) bond motifs is 2. The predicted molar refractivity (Wildman–Crippen MR) is 110 cm³/mol. The van der Waals surface area contributed by atoms with Crippen LogP contribution in [0.3, 0.4) is 0 Å². The quantitative estimate of drug-likeness (QED) is 0.629. The molecule has 8 heteroatoms. The van der Waals surface area contributed by atoms with Gasteiger partial charge < -0.3 is 15.8 Å². The zero-order valence-electron chi connectivity index (χ0n) is 15.7. The third-order valence-corrected chi connectivity index (χ3v) is 6.12. The Labute approximate surface area is 170 Å². The number of aryl methyl sites for hydroxylation is 1. The van der Waals surface area contributed by atoms with Crippen LogP contribution in [0, 0.1) is 0 Å². The number of ether oxygens (including phenoxy) is 1. The fourth-order valence-corrected chi connectivity index (χ4v) is 4.81. The Balaban J connectivity index is 1.51. The number of aromatic nitrogens is 1. The molecule has 2 heterocycles. The summed E-state index contributed by atoms with van der Waals surface area (Å²) in [7, 11) is 0. The summed E-state index contributed by atoms with van der Waals surface area (Å²) >= 11 is 1.36. The van der Waals surface area contributed by atoms with Gasteiger partial charge >= 0.3 is 5.97 Å². The van der Waals surface area contributed by atoms with Crippen LogP contribution >= 0.6 is 11.3 Å². The molecule has 0 spiro atoms. The molecule has 0 saturated carbocycles. The molecule has 2 aromatic heterocycles. The minimum Gasteiger partial charge on any atom is -0.449 e. The van der Waals surface area contributed by atoms with Crippen molar-refractivity contribution in [1.29, 1.82) is 0 Å². The van der Waals surface area contributed by atoms with Gasteiger partial charge in [-0.05, 0) is 43.9 Å². The Hall–Kier alpha value is -3.26. The maximum Gasteiger partial charge on any atom is 0.341 e. The van der Waals surface area contributed by atoms with Crippen molar-refractivity contribution >= 4 is 45.0 Å². The van der Waals surface area contributed by atoms with Crippen LogP contribution in [0.15, 0.2) is 36.5 Å². The van der Waals surface area contributed by atoms with Crippen LogP contribution < -0.4 is 11.1 Å². The second kappa shape index (κ2) is 7.63. The molecule has 3 N–H and O–H groups in total. The van der Waals surface area contributed by atoms with Crippen molar-refractivity contribution in [3.8, 4) is 0 Å². The monoisotopic (exact) mass is 409 g/mol. The van der Waals surface area contributed by atoms with E-state index in [9.17, 15) is 14.4 Å². The number of carbonyl (C=O) groups is 3. The van der Waals surface area contributed by atoms with E-state index in [1.165, 1.54) is 18.3 Å². The highest BCUT2D eigenvalue weighted by atomic mass is 32.1. The molecule has 0 saturated heterocycles. The number of nitrogens with two attached hydrogens (primary N) is 1. The lowest BCUT2D eigenvalue weighted by Crippen LogP contribution is -2.30. The zero-order valence-corrected chi connectivity index (χ0v) is 16.5. The van der Waals surface area contributed by atoms with Crippen molar-refractivity contribution in [3.63, 3.8) is 0 Å². The van der Waals surface area contributed by atoms with Gasteiger partial charge in [0.05, 0.1) is 16.6 Å². The first-order chi connectivity index (χ1) is 14.0. The maximum atomic E-state index is 12.6. The summed E-state index contributed by atoms with van der Waals surface area (Å²) in [6, 6.07) is 8.81. The minimum atomic E-state index is -1.06. The van der Waals surface area contributed by atoms with E-state index in [1.807, 2.05) is 12.1 Å². The number of primary amides is 1. The normalized spacial score (nSPS) is 13.7. The zero-order chi connectivity index (χ0) is 20.5. The lowest BCUT2D eigenvalue weighted by Gasteiger charge is -2.14. The van der Waals surface area contributed by atoms with E-state index in [4.69, 9.17) is 10.5 Å². The number of esters is 1. The molecule has 148 valence electrons. The summed E-state index contributed by atoms with van der Waals surface area (Å²) in [5, 5.41) is 3.92. The Kier molecular flexibility index (Phi) is 5.02. The standard InChI is InChI=1S/C21H19N3O4S/c1-11(28-21(27)14-8-2-5-12-6-4-10-23-17(12)14)19(26)24-20-16(18(22)25)13-7-3-9-15(13)29-20/h2,4-6,8,10-11H,3,7,9H2,1H3,(H2,22,25)(H,24,26)/t11-/m0/s1. The molecule has 7 nitrogen and oxygen atoms in total. The average molecular weight is 409 g/mol. The van der Waals surface area contributed by atoms with Gasteiger partial charge in [-0.25, -0.2) is 4.79 Å². The largest absolute Gasteiger partial charge is 0.449 e. The van der Waals surface area contributed by atoms with Gasteiger partial charge in [-0.1, -0.05) is 18.2 Å². The number of benzene rings is 1. The maximum absolute atomic E-state index is 12.6. The van der Waals surface area contributed by atoms with Gasteiger partial charge in [0.25, 0.3) is 11.8 Å². The molecule has 1 aliphatic carbocycles. The SMILES string of the molecule is C[C@H](OC(=O)c1cccc2cccnc12)C(=O)Nc1sc2c(c1C(N)=O)CCC2. The second-order valence-electron chi connectivity index (χ2n) is 6.84. The van der Waals surface area contributed by atoms with E-state index in [1.54, 1.807) is 24.4 Å². The summed E-state index contributed by atoms with van der Waals surface area (Å²) in [6.45, 7) is 1.48. The van der Waals surface area contributed by atoms with E-state index in [0.717, 1.165) is 35.1 Å². The molecule has 4 rings (SSSR count). The number of nitrogens with zero attached hydrogens (tertiary/aromatic N) is 1. The van der Waals surface area contributed by atoms with Crippen LogP contribution in [0.2, 0.25) is 0 Å². The number of hydrogen-bond donors (Lipinski definition) is 2. The van der Waals surface area contributed by atoms with Crippen molar-refractivity contribution < 1.29 is 19.1 Å². The highest BCUT2D eigenvalue weighted by Gasteiger charge is 2.28. The number of nitrogens with one attached hydrogen (secondary N) is 1. The fourth-order valence-electron chi connectivity index (χ4n) is 3.51. The summed E-state index contributed by atoms with van der Waals surface area (Å²) in [5.74, 6) is -1.72. The summed E-state index contributed by atoms with van der Waals surface area (Å²) < 4.78 is 5.35. The van der Waals surface area contributed by atoms with Gasteiger partial charge in [0.1, 0.15) is 5.00 Å². The first kappa shape index (κ1) is 19.1. The number of anilines is 1. The molecule has 0 radical (unpaired) electrons. The molecule has 29 heavy (non-hydrogen) atoms. The van der Waals surface area contributed by atoms with Crippen molar-refractivity contribution in [2.24, 2.45) is 5.73 Å². The lowest BCUT2D eigenvalue weighted by molar-refractivity contribution is -0.123. The number of para-hydroxylation sites is 1. The molecule has 1 aliphatic rings. The van der Waals surface area contributed by atoms with Crippen molar-refractivity contribution in [3.05, 3.63) is 58.1 Å². The molecule has 1 atom stereocenters. The van der Waals surface area contributed by atoms with Gasteiger partial charge in [0, 0.05) is 16.5 Å². The summed E-state index contributed by atoms with van der Waals surface area (Å²) in [5.41, 5.74) is 7.61. The second-order valence-corrected chi connectivity index (χ2v) is 7.95. The molecular formula is C21H19N3O4S. The lowest BCUT2D eigenvalue weighted by atomic mass is 10.1. The molecule has 0 aliphatic heterocycles. The highest BCUT2D eigenvalue weighted by Crippen LogP contribution is 2.38. The first-order valence-electron chi connectivity index (χ1n) is 9.25. The number of amides is 2. The molecule has 3 aromatic rings. The van der Waals surface area contributed by atoms with Gasteiger partial charge in [-0.15, -0.1) is 11.3 Å². The molecule has 0 fully saturated rings. The Bertz CT molecular complexity index is 1130. The number of pyridine rings is 1. The Morgan fingerprint density at radius 2 is 2.00 bits per heavy atom. The van der Waals surface area contributed by atoms with Crippen LogP contribution in [0.5, 0.6) is 0 Å². The van der Waals surface area contributed by atoms with Crippen molar-refractivity contribution in [2.75, 3.05) is 5.32 Å². The van der Waals surface area contributed by atoms with Crippen molar-refractivity contribution in [1.82, 2.24) is 4.98 Å². The van der Waals surface area contributed by atoms with E-state index in [-0.39, 0.29) is 5.56 Å². The van der Waals surface area contributed by atoms with Crippen LogP contribution in [0.4, 0.5) is 5.00 Å². The third kappa shape index (κ3) is 3.58. The van der Waals surface area contributed by atoms with E-state index in [2.05, 4.69) is 10.3 Å². The summed E-state index contributed by atoms with van der Waals surface area (Å²) in [4.78, 5) is 42.4. The van der Waals surface area contributed by atoms with Gasteiger partial charge in [-0.2, -0.15) is 0 Å². The number of thiophene rings is 1. The predicted octanol–water partition coefficient (Wildman–Crippen LogP) is 3.07. The number of carbonyl (C=O) groups excluding carboxylic acids is 3. The Morgan fingerprint density at radius 3 is 2.79 bits per heavy atom. The van der Waals surface area contributed by atoms with Gasteiger partial charge in [0.15, 0.2) is 6.10 Å². The van der Waals surface area contributed by atoms with Crippen LogP contribution in [-0.2, 0) is 22.4 Å². The van der Waals surface area contributed by atoms with Gasteiger partial charge in [-0.3, -0.25) is 14.6 Å². The molecular weight excluding hydrogens is 390 g/mol. The molecule has 0 bridgehead atoms. The number of rotatable bonds is 5. The minimum absolute atomic E-state index is 0.288. The first-order valence-corrected chi connectivity index (χ1v) is 10.1. The van der Waals surface area contributed by atoms with Gasteiger partial charge in [0.2, 0.25) is 0 Å². The molecule has 1 aromatic carbocycles. The van der Waals surface area contributed by atoms with Crippen LogP contribution in [-0.4, -0.2) is 28.9 Å². The smallest absolute Gasteiger partial charge is 0.341 e. The van der Waals surface area contributed by atoms with Crippen LogP contribution in [0.1, 0.15) is 44.5 Å². The van der Waals surface area contributed by atoms with E-state index >= 15 is 0 Å². The molecule has 2 amide bonds. The van der Waals surface area contributed by atoms with E-state index < -0.39 is 23.9 Å². The summed E-state index contributed by atoms with van der Waals surface area (Å²) in [6.07, 6.45) is 3.16. The fraction of sp³-hybridized carbons (Fsp3) is 0.238. The van der Waals surface area contributed by atoms with Crippen LogP contribution in [0.25, 0.3) is 10.9 Å². The topological polar surface area (TPSA) is 111 Å². The highest BCUT2D eigenvalue weighted by molar-refractivity contribution is 7.17. The van der Waals surface area contributed by atoms with Crippen molar-refractivity contribution in [2.45, 2.75) is 32.3 Å². The van der Waals surface area contributed by atoms with E-state index in [0.29, 0.717) is 16.1 Å². The number of hydrogen-bond acceptors (Lipinski definition) is 6. The Morgan fingerprint density at radius 1 is 1.21 bits per heavy atom. The molecule has 0 unspecified atom stereocenters. The third-order valence-electron chi connectivity index (χ3n) is 4.91.